The molecule has 0 fully saturated rings. The van der Waals surface area contributed by atoms with E-state index in [1.165, 1.54) is 102 Å². The molecule has 0 bridgehead atoms. The highest BCUT2D eigenvalue weighted by Crippen LogP contribution is 2.29. The lowest BCUT2D eigenvalue weighted by atomic mass is 10.0. The molecule has 3 rings (SSSR count). The van der Waals surface area contributed by atoms with Crippen molar-refractivity contribution in [3.63, 3.8) is 0 Å². The molecule has 0 amide bonds. The lowest BCUT2D eigenvalue weighted by molar-refractivity contribution is 0.556. The SMILES string of the molecule is CCCCCCCCCCCCc1cccc2c1[nH]c1ccc(I)cc12. The molecule has 2 aromatic carbocycles. The number of benzene rings is 2. The minimum absolute atomic E-state index is 1.19. The van der Waals surface area contributed by atoms with Gasteiger partial charge in [0.05, 0.1) is 0 Å². The van der Waals surface area contributed by atoms with Crippen molar-refractivity contribution in [1.82, 2.24) is 4.98 Å². The molecule has 140 valence electrons. The maximum atomic E-state index is 3.66. The summed E-state index contributed by atoms with van der Waals surface area (Å²) in [4.78, 5) is 3.66. The van der Waals surface area contributed by atoms with Crippen LogP contribution in [0.2, 0.25) is 0 Å². The average molecular weight is 461 g/mol. The number of aromatic amines is 1. The first kappa shape index (κ1) is 19.7. The molecule has 0 unspecified atom stereocenters. The number of aromatic nitrogens is 1. The van der Waals surface area contributed by atoms with Crippen LogP contribution in [-0.2, 0) is 6.42 Å². The molecule has 0 atom stereocenters. The van der Waals surface area contributed by atoms with Crippen molar-refractivity contribution < 1.29 is 0 Å². The van der Waals surface area contributed by atoms with Crippen LogP contribution in [-0.4, -0.2) is 4.98 Å². The summed E-state index contributed by atoms with van der Waals surface area (Å²) in [5, 5.41) is 2.74. The average Bonchev–Trinajstić information content (AvgIpc) is 3.02. The van der Waals surface area contributed by atoms with Crippen molar-refractivity contribution in [3.8, 4) is 0 Å². The van der Waals surface area contributed by atoms with E-state index in [9.17, 15) is 0 Å². The van der Waals surface area contributed by atoms with E-state index in [1.807, 2.05) is 0 Å². The number of nitrogens with one attached hydrogen (secondary N) is 1. The van der Waals surface area contributed by atoms with Crippen LogP contribution in [0.3, 0.4) is 0 Å². The summed E-state index contributed by atoms with van der Waals surface area (Å²) in [5.41, 5.74) is 4.09. The summed E-state index contributed by atoms with van der Waals surface area (Å²) in [6.07, 6.45) is 15.2. The van der Waals surface area contributed by atoms with E-state index in [-0.39, 0.29) is 0 Å². The zero-order valence-electron chi connectivity index (χ0n) is 16.1. The molecule has 0 spiro atoms. The zero-order valence-corrected chi connectivity index (χ0v) is 18.3. The van der Waals surface area contributed by atoms with Gasteiger partial charge in [-0.2, -0.15) is 0 Å². The molecule has 1 N–H and O–H groups in total. The first-order chi connectivity index (χ1) is 12.8. The number of halogens is 1. The van der Waals surface area contributed by atoms with Crippen molar-refractivity contribution in [3.05, 3.63) is 45.5 Å². The molecule has 3 aromatic rings. The van der Waals surface area contributed by atoms with E-state index in [0.29, 0.717) is 0 Å². The minimum atomic E-state index is 1.19. The zero-order chi connectivity index (χ0) is 18.2. The van der Waals surface area contributed by atoms with Gasteiger partial charge in [-0.3, -0.25) is 0 Å². The van der Waals surface area contributed by atoms with Crippen molar-refractivity contribution in [2.75, 3.05) is 0 Å². The smallest absolute Gasteiger partial charge is 0.0497 e. The van der Waals surface area contributed by atoms with Crippen LogP contribution in [0.4, 0.5) is 0 Å². The minimum Gasteiger partial charge on any atom is -0.354 e. The van der Waals surface area contributed by atoms with Gasteiger partial charge >= 0.3 is 0 Å². The molecule has 26 heavy (non-hydrogen) atoms. The third kappa shape index (κ3) is 5.25. The van der Waals surface area contributed by atoms with Gasteiger partial charge in [0, 0.05) is 25.4 Å². The fourth-order valence-electron chi connectivity index (χ4n) is 3.97. The third-order valence-electron chi connectivity index (χ3n) is 5.48. The fraction of sp³-hybridized carbons (Fsp3) is 0.500. The second-order valence-corrected chi connectivity index (χ2v) is 8.83. The third-order valence-corrected chi connectivity index (χ3v) is 6.15. The molecular weight excluding hydrogens is 429 g/mol. The van der Waals surface area contributed by atoms with Gasteiger partial charge in [-0.1, -0.05) is 82.9 Å². The molecule has 0 saturated heterocycles. The Kier molecular flexibility index (Phi) is 7.85. The van der Waals surface area contributed by atoms with Gasteiger partial charge in [-0.25, -0.2) is 0 Å². The van der Waals surface area contributed by atoms with Crippen LogP contribution in [0.5, 0.6) is 0 Å². The van der Waals surface area contributed by atoms with Crippen molar-refractivity contribution in [1.29, 1.82) is 0 Å². The summed E-state index contributed by atoms with van der Waals surface area (Å²) in [6.45, 7) is 2.29. The highest BCUT2D eigenvalue weighted by atomic mass is 127. The number of hydrogen-bond acceptors (Lipinski definition) is 0. The van der Waals surface area contributed by atoms with Gasteiger partial charge in [0.1, 0.15) is 0 Å². The summed E-state index contributed by atoms with van der Waals surface area (Å²) in [5.74, 6) is 0. The molecule has 0 saturated carbocycles. The Morgan fingerprint density at radius 1 is 0.769 bits per heavy atom. The fourth-order valence-corrected chi connectivity index (χ4v) is 4.46. The number of para-hydroxylation sites is 1. The lowest BCUT2D eigenvalue weighted by Crippen LogP contribution is -1.88. The van der Waals surface area contributed by atoms with E-state index in [0.717, 1.165) is 0 Å². The number of hydrogen-bond donors (Lipinski definition) is 1. The van der Waals surface area contributed by atoms with Gasteiger partial charge < -0.3 is 4.98 Å². The van der Waals surface area contributed by atoms with E-state index < -0.39 is 0 Å². The van der Waals surface area contributed by atoms with Crippen LogP contribution < -0.4 is 0 Å². The number of fused-ring (bicyclic) bond motifs is 3. The van der Waals surface area contributed by atoms with Gasteiger partial charge in [0.2, 0.25) is 0 Å². The highest BCUT2D eigenvalue weighted by molar-refractivity contribution is 14.1. The second kappa shape index (κ2) is 10.3. The van der Waals surface area contributed by atoms with Crippen molar-refractivity contribution in [2.24, 2.45) is 0 Å². The molecule has 2 heteroatoms. The quantitative estimate of drug-likeness (QED) is 0.218. The van der Waals surface area contributed by atoms with Crippen molar-refractivity contribution in [2.45, 2.75) is 77.6 Å². The standard InChI is InChI=1S/C24H32IN/c1-2-3-4-5-6-7-8-9-10-11-13-19-14-12-15-21-22-18-20(25)16-17-23(22)26-24(19)21/h12,14-18,26H,2-11,13H2,1H3. The predicted molar refractivity (Wildman–Crippen MR) is 124 cm³/mol. The lowest BCUT2D eigenvalue weighted by Gasteiger charge is -2.04. The maximum absolute atomic E-state index is 3.66. The van der Waals surface area contributed by atoms with Crippen LogP contribution in [0, 0.1) is 3.57 Å². The number of aryl methyl sites for hydroxylation is 1. The van der Waals surface area contributed by atoms with Crippen molar-refractivity contribution >= 4 is 44.4 Å². The molecule has 1 nitrogen and oxygen atoms in total. The second-order valence-electron chi connectivity index (χ2n) is 7.59. The largest absolute Gasteiger partial charge is 0.354 e. The molecule has 0 aliphatic rings. The molecule has 1 heterocycles. The maximum Gasteiger partial charge on any atom is 0.0497 e. The van der Waals surface area contributed by atoms with Crippen LogP contribution in [0.15, 0.2) is 36.4 Å². The molecule has 0 aliphatic heterocycles. The van der Waals surface area contributed by atoms with Gasteiger partial charge in [-0.05, 0) is 59.2 Å². The first-order valence-electron chi connectivity index (χ1n) is 10.5. The first-order valence-corrected chi connectivity index (χ1v) is 11.6. The summed E-state index contributed by atoms with van der Waals surface area (Å²) in [6, 6.07) is 13.5. The summed E-state index contributed by atoms with van der Waals surface area (Å²) < 4.78 is 1.30. The Bertz CT molecular complexity index is 818. The van der Waals surface area contributed by atoms with Crippen LogP contribution in [0.25, 0.3) is 21.8 Å². The molecule has 1 aromatic heterocycles. The predicted octanol–water partition coefficient (Wildman–Crippen LogP) is 8.39. The Hall–Kier alpha value is -1.03. The molecular formula is C24H32IN. The Labute approximate surface area is 172 Å². The number of unbranched alkanes of at least 4 members (excludes halogenated alkanes) is 9. The topological polar surface area (TPSA) is 15.8 Å². The number of H-pyrrole nitrogens is 1. The van der Waals surface area contributed by atoms with E-state index in [4.69, 9.17) is 0 Å². The highest BCUT2D eigenvalue weighted by Gasteiger charge is 2.08. The van der Waals surface area contributed by atoms with Gasteiger partial charge in [0.15, 0.2) is 0 Å². The van der Waals surface area contributed by atoms with E-state index >= 15 is 0 Å². The van der Waals surface area contributed by atoms with Gasteiger partial charge in [-0.15, -0.1) is 0 Å². The van der Waals surface area contributed by atoms with Crippen LogP contribution in [0.1, 0.15) is 76.7 Å². The van der Waals surface area contributed by atoms with Crippen LogP contribution >= 0.6 is 22.6 Å². The molecule has 0 radical (unpaired) electrons. The molecule has 0 aliphatic carbocycles. The summed E-state index contributed by atoms with van der Waals surface area (Å²) >= 11 is 2.40. The normalized spacial score (nSPS) is 11.6. The summed E-state index contributed by atoms with van der Waals surface area (Å²) in [7, 11) is 0. The monoisotopic (exact) mass is 461 g/mol. The Morgan fingerprint density at radius 2 is 1.46 bits per heavy atom. The Morgan fingerprint density at radius 3 is 2.19 bits per heavy atom. The number of rotatable bonds is 11. The van der Waals surface area contributed by atoms with Gasteiger partial charge in [0.25, 0.3) is 0 Å². The van der Waals surface area contributed by atoms with E-state index in [2.05, 4.69) is 70.9 Å². The Balaban J connectivity index is 1.47. The van der Waals surface area contributed by atoms with E-state index in [1.54, 1.807) is 0 Å².